The fourth-order valence-electron chi connectivity index (χ4n) is 1.84. The number of rotatable bonds is 5. The number of aryl methyl sites for hydroxylation is 1. The first-order valence-corrected chi connectivity index (χ1v) is 7.68. The fourth-order valence-corrected chi connectivity index (χ4v) is 2.74. The summed E-state index contributed by atoms with van der Waals surface area (Å²) in [5, 5.41) is 9.45. The molecule has 2 rings (SSSR count). The van der Waals surface area contributed by atoms with Crippen molar-refractivity contribution < 1.29 is 17.7 Å². The number of allylic oxidation sites excluding steroid dienone is 3. The van der Waals surface area contributed by atoms with Gasteiger partial charge in [0.05, 0.1) is 11.5 Å². The SMILES string of the molecule is Cc1ccc(S(=O)(=O)O[CH]C2(CO)C=CC=CC2)cc1. The van der Waals surface area contributed by atoms with E-state index in [-0.39, 0.29) is 11.5 Å². The first-order valence-electron chi connectivity index (χ1n) is 6.27. The Bertz CT molecular complexity index is 614. The molecule has 4 nitrogen and oxygen atoms in total. The Morgan fingerprint density at radius 1 is 1.30 bits per heavy atom. The molecule has 0 aromatic heterocycles. The first kappa shape index (κ1) is 15.0. The lowest BCUT2D eigenvalue weighted by molar-refractivity contribution is 0.153. The van der Waals surface area contributed by atoms with Crippen LogP contribution in [0.25, 0.3) is 0 Å². The van der Waals surface area contributed by atoms with Gasteiger partial charge in [-0.2, -0.15) is 8.42 Å². The van der Waals surface area contributed by atoms with Crippen molar-refractivity contribution in [3.63, 3.8) is 0 Å². The molecule has 1 N–H and O–H groups in total. The van der Waals surface area contributed by atoms with Crippen LogP contribution < -0.4 is 0 Å². The molecule has 0 amide bonds. The molecule has 20 heavy (non-hydrogen) atoms. The zero-order valence-corrected chi connectivity index (χ0v) is 12.0. The van der Waals surface area contributed by atoms with Crippen molar-refractivity contribution in [2.45, 2.75) is 18.2 Å². The highest BCUT2D eigenvalue weighted by Gasteiger charge is 2.30. The zero-order chi connectivity index (χ0) is 14.6. The van der Waals surface area contributed by atoms with E-state index < -0.39 is 15.5 Å². The maximum absolute atomic E-state index is 12.1. The van der Waals surface area contributed by atoms with Gasteiger partial charge in [0.2, 0.25) is 0 Å². The summed E-state index contributed by atoms with van der Waals surface area (Å²) >= 11 is 0. The van der Waals surface area contributed by atoms with Crippen LogP contribution in [0.15, 0.2) is 53.5 Å². The molecule has 1 atom stereocenters. The Balaban J connectivity index is 2.11. The molecule has 0 saturated carbocycles. The Labute approximate surface area is 119 Å². The Morgan fingerprint density at radius 2 is 2.00 bits per heavy atom. The molecule has 1 aromatic carbocycles. The number of benzene rings is 1. The van der Waals surface area contributed by atoms with Crippen molar-refractivity contribution >= 4 is 10.1 Å². The summed E-state index contributed by atoms with van der Waals surface area (Å²) in [5.41, 5.74) is 0.187. The summed E-state index contributed by atoms with van der Waals surface area (Å²) in [4.78, 5) is 0.0998. The molecule has 1 aliphatic carbocycles. The first-order chi connectivity index (χ1) is 9.47. The van der Waals surface area contributed by atoms with Gasteiger partial charge >= 0.3 is 0 Å². The summed E-state index contributed by atoms with van der Waals surface area (Å²) < 4.78 is 29.1. The molecule has 1 unspecified atom stereocenters. The summed E-state index contributed by atoms with van der Waals surface area (Å²) in [7, 11) is -3.85. The smallest absolute Gasteiger partial charge is 0.297 e. The maximum atomic E-state index is 12.1. The van der Waals surface area contributed by atoms with Crippen molar-refractivity contribution in [3.8, 4) is 0 Å². The Morgan fingerprint density at radius 3 is 2.55 bits per heavy atom. The predicted octanol–water partition coefficient (Wildman–Crippen LogP) is 2.36. The van der Waals surface area contributed by atoms with Gasteiger partial charge in [-0.3, -0.25) is 4.18 Å². The molecule has 0 heterocycles. The summed E-state index contributed by atoms with van der Waals surface area (Å²) in [6.45, 7) is 2.86. The third-order valence-electron chi connectivity index (χ3n) is 3.19. The molecule has 1 aliphatic rings. The molecular weight excluding hydrogens is 276 g/mol. The summed E-state index contributed by atoms with van der Waals surface area (Å²) in [5.74, 6) is 0. The van der Waals surface area contributed by atoms with E-state index in [9.17, 15) is 13.5 Å². The highest BCUT2D eigenvalue weighted by atomic mass is 32.2. The number of aliphatic hydroxyl groups is 1. The van der Waals surface area contributed by atoms with Crippen LogP contribution in [0.4, 0.5) is 0 Å². The number of hydrogen-bond acceptors (Lipinski definition) is 4. The minimum absolute atomic E-state index is 0.0998. The van der Waals surface area contributed by atoms with E-state index in [0.29, 0.717) is 6.42 Å². The average molecular weight is 293 g/mol. The van der Waals surface area contributed by atoms with Gasteiger partial charge in [0, 0.05) is 5.41 Å². The largest absolute Gasteiger partial charge is 0.395 e. The van der Waals surface area contributed by atoms with Crippen LogP contribution in [0.2, 0.25) is 0 Å². The van der Waals surface area contributed by atoms with Gasteiger partial charge in [0.25, 0.3) is 10.1 Å². The monoisotopic (exact) mass is 293 g/mol. The highest BCUT2D eigenvalue weighted by molar-refractivity contribution is 7.86. The predicted molar refractivity (Wildman–Crippen MR) is 76.2 cm³/mol. The van der Waals surface area contributed by atoms with Crippen LogP contribution in [0.1, 0.15) is 12.0 Å². The van der Waals surface area contributed by atoms with Gasteiger partial charge < -0.3 is 5.11 Å². The van der Waals surface area contributed by atoms with Crippen LogP contribution >= 0.6 is 0 Å². The molecule has 1 aromatic rings. The highest BCUT2D eigenvalue weighted by Crippen LogP contribution is 2.32. The van der Waals surface area contributed by atoms with E-state index in [1.54, 1.807) is 24.3 Å². The topological polar surface area (TPSA) is 63.6 Å². The molecule has 1 radical (unpaired) electrons. The van der Waals surface area contributed by atoms with E-state index >= 15 is 0 Å². The van der Waals surface area contributed by atoms with Crippen LogP contribution in [0.3, 0.4) is 0 Å². The molecule has 107 valence electrons. The second-order valence-corrected chi connectivity index (χ2v) is 6.44. The van der Waals surface area contributed by atoms with E-state index in [1.165, 1.54) is 18.7 Å². The van der Waals surface area contributed by atoms with Gasteiger partial charge in [0.1, 0.15) is 6.61 Å². The van der Waals surface area contributed by atoms with Crippen LogP contribution in [-0.2, 0) is 14.3 Å². The second kappa shape index (κ2) is 5.91. The lowest BCUT2D eigenvalue weighted by Crippen LogP contribution is -2.26. The minimum Gasteiger partial charge on any atom is -0.395 e. The second-order valence-electron chi connectivity index (χ2n) is 4.86. The molecule has 0 spiro atoms. The lowest BCUT2D eigenvalue weighted by Gasteiger charge is -2.27. The van der Waals surface area contributed by atoms with Crippen molar-refractivity contribution in [1.29, 1.82) is 0 Å². The third-order valence-corrected chi connectivity index (χ3v) is 4.39. The molecule has 0 bridgehead atoms. The number of aliphatic hydroxyl groups excluding tert-OH is 1. The van der Waals surface area contributed by atoms with Crippen molar-refractivity contribution in [2.24, 2.45) is 5.41 Å². The van der Waals surface area contributed by atoms with Crippen molar-refractivity contribution in [1.82, 2.24) is 0 Å². The van der Waals surface area contributed by atoms with Gasteiger partial charge in [-0.15, -0.1) is 0 Å². The summed E-state index contributed by atoms with van der Waals surface area (Å²) in [6, 6.07) is 6.42. The van der Waals surface area contributed by atoms with Crippen LogP contribution in [-0.4, -0.2) is 20.1 Å². The van der Waals surface area contributed by atoms with Gasteiger partial charge in [-0.05, 0) is 25.5 Å². The van der Waals surface area contributed by atoms with Gasteiger partial charge in [0.15, 0.2) is 0 Å². The average Bonchev–Trinajstić information content (AvgIpc) is 2.47. The molecule has 5 heteroatoms. The Hall–Kier alpha value is -1.43. The normalized spacial score (nSPS) is 22.1. The van der Waals surface area contributed by atoms with E-state index in [0.717, 1.165) is 5.56 Å². The molecular formula is C15H17O4S. The minimum atomic E-state index is -3.85. The molecule has 0 aliphatic heterocycles. The number of hydrogen-bond donors (Lipinski definition) is 1. The standard InChI is InChI=1S/C15H17O4S/c1-13-5-7-14(8-6-13)20(17,18)19-12-15(11-16)9-3-2-4-10-15/h2-9,12,16H,10-11H2,1H3. The lowest BCUT2D eigenvalue weighted by atomic mass is 9.83. The molecule has 0 saturated heterocycles. The quantitative estimate of drug-likeness (QED) is 0.846. The van der Waals surface area contributed by atoms with Crippen LogP contribution in [0, 0.1) is 18.9 Å². The fraction of sp³-hybridized carbons (Fsp3) is 0.267. The van der Waals surface area contributed by atoms with Gasteiger partial charge in [-0.1, -0.05) is 42.0 Å². The third kappa shape index (κ3) is 3.36. The van der Waals surface area contributed by atoms with Crippen molar-refractivity contribution in [2.75, 3.05) is 6.61 Å². The maximum Gasteiger partial charge on any atom is 0.297 e. The summed E-state index contributed by atoms with van der Waals surface area (Å²) in [6.07, 6.45) is 7.70. The van der Waals surface area contributed by atoms with Crippen LogP contribution in [0.5, 0.6) is 0 Å². The van der Waals surface area contributed by atoms with E-state index in [2.05, 4.69) is 0 Å². The van der Waals surface area contributed by atoms with E-state index in [1.807, 2.05) is 19.1 Å². The van der Waals surface area contributed by atoms with Gasteiger partial charge in [-0.25, -0.2) is 0 Å². The zero-order valence-electron chi connectivity index (χ0n) is 11.2. The van der Waals surface area contributed by atoms with Crippen molar-refractivity contribution in [3.05, 3.63) is 60.7 Å². The molecule has 0 fully saturated rings. The Kier molecular flexibility index (Phi) is 4.42. The van der Waals surface area contributed by atoms with E-state index in [4.69, 9.17) is 4.18 Å².